The second-order valence-corrected chi connectivity index (χ2v) is 6.63. The van der Waals surface area contributed by atoms with Crippen LogP contribution >= 0.6 is 31.9 Å². The predicted molar refractivity (Wildman–Crippen MR) is 91.4 cm³/mol. The fourth-order valence-electron chi connectivity index (χ4n) is 2.29. The fraction of sp³-hybridized carbons (Fsp3) is 0.250. The Morgan fingerprint density at radius 3 is 2.10 bits per heavy atom. The van der Waals surface area contributed by atoms with Crippen LogP contribution in [0.1, 0.15) is 36.1 Å². The molecular formula is C16H18Br2N2. The summed E-state index contributed by atoms with van der Waals surface area (Å²) in [4.78, 5) is 0. The summed E-state index contributed by atoms with van der Waals surface area (Å²) in [5.74, 6) is 5.75. The van der Waals surface area contributed by atoms with E-state index in [0.717, 1.165) is 32.9 Å². The van der Waals surface area contributed by atoms with E-state index in [1.807, 2.05) is 6.07 Å². The third kappa shape index (κ3) is 3.92. The Morgan fingerprint density at radius 1 is 1.00 bits per heavy atom. The largest absolute Gasteiger partial charge is 0.271 e. The van der Waals surface area contributed by atoms with Gasteiger partial charge in [-0.2, -0.15) is 0 Å². The van der Waals surface area contributed by atoms with Crippen molar-refractivity contribution in [1.82, 2.24) is 5.43 Å². The lowest BCUT2D eigenvalue weighted by molar-refractivity contribution is 0.636. The van der Waals surface area contributed by atoms with E-state index in [9.17, 15) is 0 Å². The van der Waals surface area contributed by atoms with Gasteiger partial charge in [-0.15, -0.1) is 0 Å². The van der Waals surface area contributed by atoms with Gasteiger partial charge in [-0.05, 0) is 41.3 Å². The summed E-state index contributed by atoms with van der Waals surface area (Å²) in [5.41, 5.74) is 6.55. The summed E-state index contributed by atoms with van der Waals surface area (Å²) in [6, 6.07) is 14.8. The van der Waals surface area contributed by atoms with E-state index in [4.69, 9.17) is 5.84 Å². The van der Waals surface area contributed by atoms with Crippen molar-refractivity contribution in [3.8, 4) is 0 Å². The number of hydrogen-bond acceptors (Lipinski definition) is 2. The van der Waals surface area contributed by atoms with Crippen LogP contribution < -0.4 is 11.3 Å². The SMILES string of the molecule is CCCc1ccc(C(NN)c2cc(Br)cc(Br)c2)cc1. The van der Waals surface area contributed by atoms with Crippen LogP contribution in [-0.2, 0) is 6.42 Å². The molecule has 2 aromatic carbocycles. The molecule has 4 heteroatoms. The Balaban J connectivity index is 2.31. The van der Waals surface area contributed by atoms with Gasteiger partial charge in [-0.25, -0.2) is 5.43 Å². The number of rotatable bonds is 5. The van der Waals surface area contributed by atoms with E-state index in [-0.39, 0.29) is 6.04 Å². The third-order valence-corrected chi connectivity index (χ3v) is 4.15. The summed E-state index contributed by atoms with van der Waals surface area (Å²) >= 11 is 7.03. The van der Waals surface area contributed by atoms with E-state index in [2.05, 4.69) is 80.6 Å². The van der Waals surface area contributed by atoms with Crippen molar-refractivity contribution in [2.24, 2.45) is 5.84 Å². The monoisotopic (exact) mass is 396 g/mol. The summed E-state index contributed by atoms with van der Waals surface area (Å²) in [5, 5.41) is 0. The normalized spacial score (nSPS) is 12.4. The number of hydrogen-bond donors (Lipinski definition) is 2. The van der Waals surface area contributed by atoms with E-state index in [0.29, 0.717) is 0 Å². The highest BCUT2D eigenvalue weighted by atomic mass is 79.9. The minimum Gasteiger partial charge on any atom is -0.271 e. The lowest BCUT2D eigenvalue weighted by Gasteiger charge is -2.18. The molecule has 0 heterocycles. The van der Waals surface area contributed by atoms with Gasteiger partial charge in [0.25, 0.3) is 0 Å². The molecule has 2 aromatic rings. The summed E-state index contributed by atoms with van der Waals surface area (Å²) in [6.07, 6.45) is 2.28. The van der Waals surface area contributed by atoms with Gasteiger partial charge in [0.05, 0.1) is 6.04 Å². The quantitative estimate of drug-likeness (QED) is 0.565. The first-order chi connectivity index (χ1) is 9.63. The number of hydrazine groups is 1. The Morgan fingerprint density at radius 2 is 1.60 bits per heavy atom. The van der Waals surface area contributed by atoms with Gasteiger partial charge in [0, 0.05) is 8.95 Å². The molecular weight excluding hydrogens is 380 g/mol. The highest BCUT2D eigenvalue weighted by Gasteiger charge is 2.13. The predicted octanol–water partition coefficient (Wildman–Crippen LogP) is 4.72. The van der Waals surface area contributed by atoms with Crippen LogP contribution in [0.2, 0.25) is 0 Å². The molecule has 0 amide bonds. The Labute approximate surface area is 137 Å². The van der Waals surface area contributed by atoms with Crippen molar-refractivity contribution in [2.75, 3.05) is 0 Å². The van der Waals surface area contributed by atoms with Gasteiger partial charge in [0.15, 0.2) is 0 Å². The van der Waals surface area contributed by atoms with Crippen LogP contribution in [-0.4, -0.2) is 0 Å². The minimum absolute atomic E-state index is 0.0144. The Bertz CT molecular complexity index is 547. The molecule has 2 rings (SSSR count). The van der Waals surface area contributed by atoms with Gasteiger partial charge < -0.3 is 0 Å². The second-order valence-electron chi connectivity index (χ2n) is 4.79. The highest BCUT2D eigenvalue weighted by molar-refractivity contribution is 9.11. The van der Waals surface area contributed by atoms with Crippen LogP contribution in [0.15, 0.2) is 51.4 Å². The lowest BCUT2D eigenvalue weighted by atomic mass is 9.97. The van der Waals surface area contributed by atoms with E-state index in [1.165, 1.54) is 5.56 Å². The van der Waals surface area contributed by atoms with Crippen LogP contribution in [0.4, 0.5) is 0 Å². The third-order valence-electron chi connectivity index (χ3n) is 3.24. The molecule has 0 spiro atoms. The van der Waals surface area contributed by atoms with Gasteiger partial charge in [-0.1, -0.05) is 69.5 Å². The molecule has 0 aromatic heterocycles. The zero-order chi connectivity index (χ0) is 14.5. The first-order valence-corrected chi connectivity index (χ1v) is 8.23. The zero-order valence-electron chi connectivity index (χ0n) is 11.4. The number of nitrogens with one attached hydrogen (secondary N) is 1. The van der Waals surface area contributed by atoms with Gasteiger partial charge in [0.2, 0.25) is 0 Å². The van der Waals surface area contributed by atoms with Crippen LogP contribution in [0, 0.1) is 0 Å². The molecule has 106 valence electrons. The van der Waals surface area contributed by atoms with Crippen molar-refractivity contribution in [1.29, 1.82) is 0 Å². The van der Waals surface area contributed by atoms with Crippen molar-refractivity contribution in [3.05, 3.63) is 68.1 Å². The molecule has 2 nitrogen and oxygen atoms in total. The molecule has 0 radical (unpaired) electrons. The molecule has 0 bridgehead atoms. The number of aryl methyl sites for hydroxylation is 1. The maximum absolute atomic E-state index is 5.75. The average Bonchev–Trinajstić information content (AvgIpc) is 2.41. The maximum atomic E-state index is 5.75. The van der Waals surface area contributed by atoms with Crippen LogP contribution in [0.5, 0.6) is 0 Å². The lowest BCUT2D eigenvalue weighted by Crippen LogP contribution is -2.28. The first kappa shape index (κ1) is 15.7. The average molecular weight is 398 g/mol. The number of benzene rings is 2. The Hall–Kier alpha value is -0.680. The van der Waals surface area contributed by atoms with E-state index >= 15 is 0 Å². The van der Waals surface area contributed by atoms with Crippen molar-refractivity contribution < 1.29 is 0 Å². The van der Waals surface area contributed by atoms with Crippen molar-refractivity contribution in [2.45, 2.75) is 25.8 Å². The zero-order valence-corrected chi connectivity index (χ0v) is 14.5. The second kappa shape index (κ2) is 7.36. The standard InChI is InChI=1S/C16H18Br2N2/c1-2-3-11-4-6-12(7-5-11)16(20-19)13-8-14(17)10-15(18)9-13/h4-10,16,20H,2-3,19H2,1H3. The molecule has 3 N–H and O–H groups in total. The van der Waals surface area contributed by atoms with Crippen LogP contribution in [0.25, 0.3) is 0 Å². The van der Waals surface area contributed by atoms with Crippen molar-refractivity contribution >= 4 is 31.9 Å². The molecule has 0 saturated heterocycles. The summed E-state index contributed by atoms with van der Waals surface area (Å²) in [6.45, 7) is 2.19. The summed E-state index contributed by atoms with van der Waals surface area (Å²) < 4.78 is 2.06. The maximum Gasteiger partial charge on any atom is 0.0710 e. The Kier molecular flexibility index (Phi) is 5.78. The number of halogens is 2. The van der Waals surface area contributed by atoms with Crippen molar-refractivity contribution in [3.63, 3.8) is 0 Å². The topological polar surface area (TPSA) is 38.0 Å². The molecule has 1 unspecified atom stereocenters. The molecule has 20 heavy (non-hydrogen) atoms. The smallest absolute Gasteiger partial charge is 0.0710 e. The van der Waals surface area contributed by atoms with Gasteiger partial charge >= 0.3 is 0 Å². The molecule has 0 saturated carbocycles. The molecule has 1 atom stereocenters. The van der Waals surface area contributed by atoms with Crippen LogP contribution in [0.3, 0.4) is 0 Å². The van der Waals surface area contributed by atoms with E-state index in [1.54, 1.807) is 0 Å². The number of nitrogens with two attached hydrogens (primary N) is 1. The fourth-order valence-corrected chi connectivity index (χ4v) is 3.62. The minimum atomic E-state index is -0.0144. The molecule has 0 aliphatic rings. The van der Waals surface area contributed by atoms with Gasteiger partial charge in [0.1, 0.15) is 0 Å². The van der Waals surface area contributed by atoms with E-state index < -0.39 is 0 Å². The summed E-state index contributed by atoms with van der Waals surface area (Å²) in [7, 11) is 0. The van der Waals surface area contributed by atoms with Gasteiger partial charge in [-0.3, -0.25) is 5.84 Å². The highest BCUT2D eigenvalue weighted by Crippen LogP contribution is 2.28. The molecule has 0 fully saturated rings. The first-order valence-electron chi connectivity index (χ1n) is 6.65. The molecule has 0 aliphatic carbocycles. The molecule has 0 aliphatic heterocycles.